The zero-order chi connectivity index (χ0) is 11.9. The highest BCUT2D eigenvalue weighted by Crippen LogP contribution is 2.38. The maximum Gasteiger partial charge on any atom is 0.228 e. The third kappa shape index (κ3) is 2.12. The van der Waals surface area contributed by atoms with Gasteiger partial charge in [-0.1, -0.05) is 15.9 Å². The van der Waals surface area contributed by atoms with Crippen LogP contribution >= 0.6 is 47.8 Å². The van der Waals surface area contributed by atoms with Crippen molar-refractivity contribution in [3.63, 3.8) is 0 Å². The van der Waals surface area contributed by atoms with Gasteiger partial charge in [0.15, 0.2) is 0 Å². The predicted molar refractivity (Wildman–Crippen MR) is 73.7 cm³/mol. The number of carbonyl (C=O) groups is 1. The summed E-state index contributed by atoms with van der Waals surface area (Å²) in [5.41, 5.74) is 7.11. The van der Waals surface area contributed by atoms with E-state index in [4.69, 9.17) is 5.73 Å². The average molecular weight is 414 g/mol. The lowest BCUT2D eigenvalue weighted by Crippen LogP contribution is -2.26. The molecule has 0 spiro atoms. The zero-order valence-electron chi connectivity index (χ0n) is 8.08. The second-order valence-electron chi connectivity index (χ2n) is 3.46. The van der Waals surface area contributed by atoms with E-state index in [1.807, 2.05) is 0 Å². The monoisotopic (exact) mass is 411 g/mol. The Morgan fingerprint density at radius 1 is 1.50 bits per heavy atom. The second-order valence-corrected chi connectivity index (χ2v) is 6.37. The summed E-state index contributed by atoms with van der Waals surface area (Å²) in [6.07, 6.45) is 2.09. The van der Waals surface area contributed by atoms with Gasteiger partial charge in [-0.2, -0.15) is 0 Å². The van der Waals surface area contributed by atoms with Crippen molar-refractivity contribution in [2.75, 3.05) is 17.2 Å². The van der Waals surface area contributed by atoms with Crippen molar-refractivity contribution in [3.05, 3.63) is 15.3 Å². The molecule has 86 valence electrons. The van der Waals surface area contributed by atoms with Crippen LogP contribution in [-0.2, 0) is 4.79 Å². The molecule has 1 aliphatic rings. The van der Waals surface area contributed by atoms with Crippen LogP contribution in [0.3, 0.4) is 0 Å². The number of alkyl halides is 1. The van der Waals surface area contributed by atoms with Crippen molar-refractivity contribution < 1.29 is 4.79 Å². The molecule has 2 rings (SSSR count). The largest absolute Gasteiger partial charge is 0.396 e. The third-order valence-electron chi connectivity index (χ3n) is 2.35. The Kier molecular flexibility index (Phi) is 3.56. The number of hydrogen-bond donors (Lipinski definition) is 1. The minimum absolute atomic E-state index is 0.0502. The normalized spacial score (nSPS) is 20.6. The molecule has 7 heteroatoms. The molecule has 4 nitrogen and oxygen atoms in total. The van der Waals surface area contributed by atoms with E-state index >= 15 is 0 Å². The molecule has 2 N–H and O–H groups in total. The summed E-state index contributed by atoms with van der Waals surface area (Å²) >= 11 is 10.1. The van der Waals surface area contributed by atoms with Crippen molar-refractivity contribution in [2.24, 2.45) is 0 Å². The van der Waals surface area contributed by atoms with Crippen LogP contribution in [0.4, 0.5) is 11.4 Å². The van der Waals surface area contributed by atoms with Crippen molar-refractivity contribution in [1.29, 1.82) is 0 Å². The minimum atomic E-state index is 0.0502. The Balaban J connectivity index is 2.48. The van der Waals surface area contributed by atoms with E-state index in [0.717, 1.165) is 0 Å². The summed E-state index contributed by atoms with van der Waals surface area (Å²) in [6.45, 7) is 0.611. The average Bonchev–Trinajstić information content (AvgIpc) is 2.53. The Hall–Kier alpha value is -0.140. The summed E-state index contributed by atoms with van der Waals surface area (Å²) in [5, 5.41) is 0. The van der Waals surface area contributed by atoms with Gasteiger partial charge in [-0.3, -0.25) is 4.79 Å². The highest BCUT2D eigenvalue weighted by atomic mass is 79.9. The fourth-order valence-corrected chi connectivity index (χ4v) is 2.99. The van der Waals surface area contributed by atoms with Crippen molar-refractivity contribution in [2.45, 2.75) is 11.2 Å². The third-order valence-corrected chi connectivity index (χ3v) is 4.17. The van der Waals surface area contributed by atoms with Gasteiger partial charge in [0, 0.05) is 24.0 Å². The molecule has 1 saturated heterocycles. The molecule has 1 fully saturated rings. The van der Waals surface area contributed by atoms with Gasteiger partial charge in [0.1, 0.15) is 10.3 Å². The van der Waals surface area contributed by atoms with Crippen LogP contribution in [0.2, 0.25) is 0 Å². The lowest BCUT2D eigenvalue weighted by atomic mass is 10.3. The minimum Gasteiger partial charge on any atom is -0.396 e. The van der Waals surface area contributed by atoms with Crippen LogP contribution in [-0.4, -0.2) is 22.3 Å². The first-order valence-electron chi connectivity index (χ1n) is 4.54. The molecule has 0 radical (unpaired) electrons. The first-order chi connectivity index (χ1) is 7.50. The quantitative estimate of drug-likeness (QED) is 0.569. The van der Waals surface area contributed by atoms with E-state index in [2.05, 4.69) is 52.8 Å². The Morgan fingerprint density at radius 3 is 2.75 bits per heavy atom. The van der Waals surface area contributed by atoms with E-state index in [9.17, 15) is 4.79 Å². The van der Waals surface area contributed by atoms with Gasteiger partial charge in [-0.15, -0.1) is 0 Å². The van der Waals surface area contributed by atoms with Crippen LogP contribution in [0.5, 0.6) is 0 Å². The van der Waals surface area contributed by atoms with Crippen LogP contribution in [0, 0.1) is 0 Å². The molecule has 2 heterocycles. The molecule has 1 unspecified atom stereocenters. The van der Waals surface area contributed by atoms with Gasteiger partial charge in [0.2, 0.25) is 5.91 Å². The number of amides is 1. The molecular weight excluding hydrogens is 406 g/mol. The van der Waals surface area contributed by atoms with E-state index in [-0.39, 0.29) is 10.7 Å². The number of anilines is 2. The number of nitrogens with zero attached hydrogens (tertiary/aromatic N) is 2. The number of rotatable bonds is 1. The number of hydrogen-bond acceptors (Lipinski definition) is 3. The van der Waals surface area contributed by atoms with Gasteiger partial charge < -0.3 is 10.6 Å². The molecule has 0 aliphatic carbocycles. The highest BCUT2D eigenvalue weighted by Gasteiger charge is 2.32. The van der Waals surface area contributed by atoms with E-state index in [0.29, 0.717) is 33.4 Å². The predicted octanol–water partition coefficient (Wildman–Crippen LogP) is 2.69. The molecular formula is C9H8Br3N3O. The first-order valence-corrected chi connectivity index (χ1v) is 7.04. The lowest BCUT2D eigenvalue weighted by Gasteiger charge is -2.19. The van der Waals surface area contributed by atoms with Crippen LogP contribution in [0.1, 0.15) is 6.42 Å². The number of carbonyl (C=O) groups excluding carboxylic acids is 1. The summed E-state index contributed by atoms with van der Waals surface area (Å²) < 4.78 is 1.28. The van der Waals surface area contributed by atoms with Crippen molar-refractivity contribution in [1.82, 2.24) is 4.98 Å². The summed E-state index contributed by atoms with van der Waals surface area (Å²) in [6, 6.07) is 0. The molecule has 1 aromatic heterocycles. The van der Waals surface area contributed by atoms with Gasteiger partial charge in [-0.05, 0) is 31.9 Å². The number of pyridine rings is 1. The van der Waals surface area contributed by atoms with Crippen LogP contribution in [0.25, 0.3) is 0 Å². The van der Waals surface area contributed by atoms with Gasteiger partial charge in [-0.25, -0.2) is 4.98 Å². The maximum absolute atomic E-state index is 11.8. The van der Waals surface area contributed by atoms with Gasteiger partial charge in [0.05, 0.1) is 10.2 Å². The SMILES string of the molecule is Nc1c(Br)cnc(Br)c1N1CC(Br)CC1=O. The Morgan fingerprint density at radius 2 is 2.19 bits per heavy atom. The van der Waals surface area contributed by atoms with Crippen LogP contribution in [0.15, 0.2) is 15.3 Å². The maximum atomic E-state index is 11.8. The standard InChI is InChI=1S/C9H8Br3N3O/c10-4-1-6(16)15(3-4)8-7(13)5(11)2-14-9(8)12/h2,4H,1,3H2,(H2,13,14). The summed E-state index contributed by atoms with van der Waals surface area (Å²) in [5.74, 6) is 0.0502. The van der Waals surface area contributed by atoms with E-state index in [1.165, 1.54) is 0 Å². The molecule has 1 amide bonds. The topological polar surface area (TPSA) is 59.2 Å². The molecule has 1 aromatic rings. The molecule has 1 atom stereocenters. The van der Waals surface area contributed by atoms with Crippen molar-refractivity contribution >= 4 is 65.1 Å². The van der Waals surface area contributed by atoms with Gasteiger partial charge >= 0.3 is 0 Å². The van der Waals surface area contributed by atoms with Gasteiger partial charge in [0.25, 0.3) is 0 Å². The van der Waals surface area contributed by atoms with Crippen LogP contribution < -0.4 is 10.6 Å². The molecule has 0 bridgehead atoms. The smallest absolute Gasteiger partial charge is 0.228 e. The molecule has 0 saturated carbocycles. The fourth-order valence-electron chi connectivity index (χ4n) is 1.61. The van der Waals surface area contributed by atoms with Crippen molar-refractivity contribution in [3.8, 4) is 0 Å². The Bertz CT molecular complexity index is 452. The van der Waals surface area contributed by atoms with E-state index in [1.54, 1.807) is 11.1 Å². The lowest BCUT2D eigenvalue weighted by molar-refractivity contribution is -0.117. The zero-order valence-corrected chi connectivity index (χ0v) is 12.8. The number of halogens is 3. The fraction of sp³-hybridized carbons (Fsp3) is 0.333. The second kappa shape index (κ2) is 4.62. The molecule has 16 heavy (non-hydrogen) atoms. The highest BCUT2D eigenvalue weighted by molar-refractivity contribution is 9.11. The Labute approximate surface area is 118 Å². The molecule has 1 aliphatic heterocycles. The number of nitrogens with two attached hydrogens (primary N) is 1. The first kappa shape index (κ1) is 12.3. The number of aromatic nitrogens is 1. The van der Waals surface area contributed by atoms with E-state index < -0.39 is 0 Å². The summed E-state index contributed by atoms with van der Waals surface area (Å²) in [7, 11) is 0. The summed E-state index contributed by atoms with van der Waals surface area (Å²) in [4.78, 5) is 17.7. The molecule has 0 aromatic carbocycles. The number of nitrogen functional groups attached to an aromatic ring is 1.